The molecule has 1 aliphatic carbocycles. The van der Waals surface area contributed by atoms with Crippen molar-refractivity contribution in [3.63, 3.8) is 0 Å². The Morgan fingerprint density at radius 3 is 1.97 bits per heavy atom. The van der Waals surface area contributed by atoms with Crippen LogP contribution >= 0.6 is 0 Å². The largest absolute Gasteiger partial charge is 0.426 e. The molecule has 0 aromatic carbocycles. The van der Waals surface area contributed by atoms with Crippen LogP contribution in [0.25, 0.3) is 0 Å². The lowest BCUT2D eigenvalue weighted by molar-refractivity contribution is -0.387. The summed E-state index contributed by atoms with van der Waals surface area (Å²) < 4.78 is 107. The summed E-state index contributed by atoms with van der Waals surface area (Å²) in [6.45, 7) is 3.10. The summed E-state index contributed by atoms with van der Waals surface area (Å²) in [6.07, 6.45) is -12.2. The van der Waals surface area contributed by atoms with Crippen LogP contribution in [-0.4, -0.2) is 57.9 Å². The second-order valence-electron chi connectivity index (χ2n) is 7.21. The fourth-order valence-electron chi connectivity index (χ4n) is 3.80. The number of aliphatic hydroxyl groups is 1. The molecule has 0 spiro atoms. The van der Waals surface area contributed by atoms with E-state index in [1.807, 2.05) is 0 Å². The van der Waals surface area contributed by atoms with E-state index in [2.05, 4.69) is 4.98 Å². The van der Waals surface area contributed by atoms with Crippen molar-refractivity contribution >= 4 is 10.0 Å². The third kappa shape index (κ3) is 4.13. The first-order valence-electron chi connectivity index (χ1n) is 8.95. The van der Waals surface area contributed by atoms with Gasteiger partial charge in [0.25, 0.3) is 15.6 Å². The number of hydrogen-bond acceptors (Lipinski definition) is 4. The Kier molecular flexibility index (Phi) is 6.38. The predicted molar refractivity (Wildman–Crippen MR) is 90.3 cm³/mol. The van der Waals surface area contributed by atoms with Crippen molar-refractivity contribution in [1.82, 2.24) is 13.9 Å². The molecule has 0 unspecified atom stereocenters. The summed E-state index contributed by atoms with van der Waals surface area (Å²) in [5.41, 5.74) is -4.82. The number of hydrogen-bond donors (Lipinski definition) is 1. The first-order valence-corrected chi connectivity index (χ1v) is 10.4. The highest BCUT2D eigenvalue weighted by Crippen LogP contribution is 2.52. The molecule has 6 nitrogen and oxygen atoms in total. The van der Waals surface area contributed by atoms with Crippen molar-refractivity contribution in [2.75, 3.05) is 6.54 Å². The molecule has 0 atom stereocenters. The lowest BCUT2D eigenvalue weighted by Crippen LogP contribution is -2.62. The molecule has 2 rings (SSSR count). The quantitative estimate of drug-likeness (QED) is 0.698. The summed E-state index contributed by atoms with van der Waals surface area (Å²) in [7, 11) is -2.47. The van der Waals surface area contributed by atoms with Crippen LogP contribution in [0.15, 0.2) is 11.2 Å². The van der Waals surface area contributed by atoms with E-state index >= 15 is 0 Å². The van der Waals surface area contributed by atoms with E-state index in [0.717, 1.165) is 4.31 Å². The van der Waals surface area contributed by atoms with E-state index < -0.39 is 52.8 Å². The highest BCUT2D eigenvalue weighted by atomic mass is 32.2. The van der Waals surface area contributed by atoms with Crippen LogP contribution < -0.4 is 0 Å². The van der Waals surface area contributed by atoms with Crippen molar-refractivity contribution in [3.05, 3.63) is 12.0 Å². The molecule has 0 bridgehead atoms. The SMILES string of the molecule is CCN(C1CCC(C(O)(C(F)(F)F)C(F)(F)F)CC1)S(=O)(=O)c1cn(C)c(C)n1. The molecule has 1 aromatic rings. The number of aryl methyl sites for hydroxylation is 2. The first kappa shape index (κ1) is 23.9. The van der Waals surface area contributed by atoms with Gasteiger partial charge in [0.1, 0.15) is 5.82 Å². The molecular weight excluding hydrogens is 428 g/mol. The zero-order chi connectivity index (χ0) is 22.4. The second-order valence-corrected chi connectivity index (χ2v) is 9.05. The molecule has 0 amide bonds. The van der Waals surface area contributed by atoms with Crippen LogP contribution in [0.4, 0.5) is 26.3 Å². The minimum Gasteiger partial charge on any atom is -0.373 e. The standard InChI is InChI=1S/C16H23F6N3O3S/c1-4-25(29(27,28)13-9-24(3)10(2)23-13)12-7-5-11(6-8-12)14(26,15(17,18)19)16(20,21)22/h9,11-12,26H,4-8H2,1-3H3. The Bertz CT molecular complexity index is 792. The summed E-state index contributed by atoms with van der Waals surface area (Å²) >= 11 is 0. The van der Waals surface area contributed by atoms with Gasteiger partial charge in [0.15, 0.2) is 5.03 Å². The Hall–Kier alpha value is -1.34. The average molecular weight is 451 g/mol. The second kappa shape index (κ2) is 7.73. The molecule has 1 aliphatic rings. The summed E-state index contributed by atoms with van der Waals surface area (Å²) in [6, 6.07) is -0.783. The maximum absolute atomic E-state index is 13.1. The molecule has 1 N–H and O–H groups in total. The molecule has 13 heteroatoms. The zero-order valence-electron chi connectivity index (χ0n) is 16.0. The molecule has 168 valence electrons. The molecule has 1 heterocycles. The summed E-state index contributed by atoms with van der Waals surface area (Å²) in [4.78, 5) is 3.96. The van der Waals surface area contributed by atoms with E-state index in [9.17, 15) is 39.9 Å². The molecular formula is C16H23F6N3O3S. The van der Waals surface area contributed by atoms with Gasteiger partial charge < -0.3 is 9.67 Å². The fourth-order valence-corrected chi connectivity index (χ4v) is 5.52. The molecule has 1 saturated carbocycles. The molecule has 1 fully saturated rings. The van der Waals surface area contributed by atoms with E-state index in [1.165, 1.54) is 17.7 Å². The van der Waals surface area contributed by atoms with Crippen LogP contribution in [0.2, 0.25) is 0 Å². The third-order valence-corrected chi connectivity index (χ3v) is 7.43. The maximum atomic E-state index is 13.1. The topological polar surface area (TPSA) is 75.4 Å². The van der Waals surface area contributed by atoms with Crippen LogP contribution in [0.1, 0.15) is 38.4 Å². The zero-order valence-corrected chi connectivity index (χ0v) is 16.9. The predicted octanol–water partition coefficient (Wildman–Crippen LogP) is 3.15. The van der Waals surface area contributed by atoms with Gasteiger partial charge in [-0.2, -0.15) is 30.6 Å². The highest BCUT2D eigenvalue weighted by Gasteiger charge is 2.73. The van der Waals surface area contributed by atoms with E-state index in [-0.39, 0.29) is 24.4 Å². The minimum absolute atomic E-state index is 0.0178. The Morgan fingerprint density at radius 1 is 1.14 bits per heavy atom. The minimum atomic E-state index is -5.88. The number of nitrogens with zero attached hydrogens (tertiary/aromatic N) is 3. The van der Waals surface area contributed by atoms with Gasteiger partial charge in [0.05, 0.1) is 0 Å². The molecule has 29 heavy (non-hydrogen) atoms. The number of aromatic nitrogens is 2. The van der Waals surface area contributed by atoms with Crippen LogP contribution in [0.3, 0.4) is 0 Å². The van der Waals surface area contributed by atoms with Gasteiger partial charge in [-0.05, 0) is 32.6 Å². The number of alkyl halides is 6. The van der Waals surface area contributed by atoms with Gasteiger partial charge in [-0.25, -0.2) is 13.4 Å². The van der Waals surface area contributed by atoms with Gasteiger partial charge in [-0.3, -0.25) is 0 Å². The van der Waals surface area contributed by atoms with Gasteiger partial charge in [-0.1, -0.05) is 6.92 Å². The molecule has 0 saturated heterocycles. The van der Waals surface area contributed by atoms with Gasteiger partial charge in [-0.15, -0.1) is 0 Å². The van der Waals surface area contributed by atoms with Crippen molar-refractivity contribution in [2.24, 2.45) is 13.0 Å². The van der Waals surface area contributed by atoms with Crippen LogP contribution in [0, 0.1) is 12.8 Å². The normalized spacial score (nSPS) is 22.3. The molecule has 1 aromatic heterocycles. The Balaban J connectivity index is 2.24. The van der Waals surface area contributed by atoms with Crippen molar-refractivity contribution in [3.8, 4) is 0 Å². The van der Waals surface area contributed by atoms with E-state index in [0.29, 0.717) is 5.82 Å². The lowest BCUT2D eigenvalue weighted by Gasteiger charge is -2.43. The molecule has 0 radical (unpaired) electrons. The van der Waals surface area contributed by atoms with Crippen molar-refractivity contribution in [2.45, 2.75) is 68.6 Å². The van der Waals surface area contributed by atoms with Crippen LogP contribution in [-0.2, 0) is 17.1 Å². The number of sulfonamides is 1. The maximum Gasteiger partial charge on any atom is 0.426 e. The van der Waals surface area contributed by atoms with E-state index in [4.69, 9.17) is 0 Å². The Morgan fingerprint density at radius 2 is 1.62 bits per heavy atom. The number of rotatable bonds is 5. The van der Waals surface area contributed by atoms with E-state index in [1.54, 1.807) is 14.0 Å². The highest BCUT2D eigenvalue weighted by molar-refractivity contribution is 7.89. The summed E-state index contributed by atoms with van der Waals surface area (Å²) in [5, 5.41) is 9.33. The fraction of sp³-hybridized carbons (Fsp3) is 0.812. The summed E-state index contributed by atoms with van der Waals surface area (Å²) in [5.74, 6) is -1.67. The number of halogens is 6. The van der Waals surface area contributed by atoms with Gasteiger partial charge in [0, 0.05) is 31.7 Å². The number of imidazole rings is 1. The third-order valence-electron chi connectivity index (χ3n) is 5.53. The molecule has 0 aliphatic heterocycles. The van der Waals surface area contributed by atoms with Crippen LogP contribution in [0.5, 0.6) is 0 Å². The monoisotopic (exact) mass is 451 g/mol. The first-order chi connectivity index (χ1) is 13.1. The van der Waals surface area contributed by atoms with Crippen molar-refractivity contribution < 1.29 is 39.9 Å². The van der Waals surface area contributed by atoms with Crippen molar-refractivity contribution in [1.29, 1.82) is 0 Å². The Labute approximate surface area is 164 Å². The average Bonchev–Trinajstić information content (AvgIpc) is 2.93. The van der Waals surface area contributed by atoms with Gasteiger partial charge in [0.2, 0.25) is 0 Å². The lowest BCUT2D eigenvalue weighted by atomic mass is 9.74. The smallest absolute Gasteiger partial charge is 0.373 e. The van der Waals surface area contributed by atoms with Gasteiger partial charge >= 0.3 is 12.4 Å².